The van der Waals surface area contributed by atoms with Crippen LogP contribution in [-0.4, -0.2) is 24.0 Å². The molecule has 21 heavy (non-hydrogen) atoms. The van der Waals surface area contributed by atoms with E-state index in [9.17, 15) is 0 Å². The number of nitrogens with zero attached hydrogens (tertiary/aromatic N) is 1. The molecule has 1 aliphatic heterocycles. The van der Waals surface area contributed by atoms with Gasteiger partial charge in [-0.15, -0.1) is 0 Å². The van der Waals surface area contributed by atoms with Gasteiger partial charge in [0.1, 0.15) is 0 Å². The zero-order chi connectivity index (χ0) is 14.7. The molecule has 1 saturated heterocycles. The molecule has 2 fully saturated rings. The van der Waals surface area contributed by atoms with Crippen molar-refractivity contribution in [3.05, 3.63) is 35.5 Å². The second-order valence-corrected chi connectivity index (χ2v) is 7.96. The van der Waals surface area contributed by atoms with Crippen LogP contribution in [0.4, 0.5) is 0 Å². The molecule has 1 heterocycles. The SMILES string of the molecule is CCCCN1CC23C4=C(/C=C\C=C/C2(C)C1CC4)CC3C. The van der Waals surface area contributed by atoms with Crippen LogP contribution >= 0.6 is 0 Å². The fourth-order valence-corrected chi connectivity index (χ4v) is 6.19. The maximum atomic E-state index is 2.85. The average Bonchev–Trinajstić information content (AvgIpc) is 2.80. The predicted molar refractivity (Wildman–Crippen MR) is 89.1 cm³/mol. The van der Waals surface area contributed by atoms with Crippen LogP contribution in [0.5, 0.6) is 0 Å². The van der Waals surface area contributed by atoms with E-state index in [2.05, 4.69) is 50.0 Å². The van der Waals surface area contributed by atoms with Gasteiger partial charge in [0.05, 0.1) is 0 Å². The minimum Gasteiger partial charge on any atom is -0.299 e. The minimum absolute atomic E-state index is 0.347. The van der Waals surface area contributed by atoms with E-state index < -0.39 is 0 Å². The van der Waals surface area contributed by atoms with Gasteiger partial charge in [-0.1, -0.05) is 57.1 Å². The molecule has 0 aromatic carbocycles. The van der Waals surface area contributed by atoms with Gasteiger partial charge in [0.2, 0.25) is 0 Å². The van der Waals surface area contributed by atoms with E-state index in [1.165, 1.54) is 45.2 Å². The smallest absolute Gasteiger partial charge is 0.0196 e. The Kier molecular flexibility index (Phi) is 3.02. The quantitative estimate of drug-likeness (QED) is 0.724. The molecular formula is C20H29N. The number of allylic oxidation sites excluding steroid dienone is 4. The Labute approximate surface area is 129 Å². The predicted octanol–water partition coefficient (Wildman–Crippen LogP) is 4.72. The Hall–Kier alpha value is -0.820. The monoisotopic (exact) mass is 283 g/mol. The molecule has 4 aliphatic rings. The fourth-order valence-electron chi connectivity index (χ4n) is 6.19. The van der Waals surface area contributed by atoms with Gasteiger partial charge >= 0.3 is 0 Å². The Morgan fingerprint density at radius 2 is 2.19 bits per heavy atom. The summed E-state index contributed by atoms with van der Waals surface area (Å²) in [4.78, 5) is 2.85. The van der Waals surface area contributed by atoms with Crippen molar-refractivity contribution in [3.63, 3.8) is 0 Å². The van der Waals surface area contributed by atoms with Crippen molar-refractivity contribution in [2.75, 3.05) is 13.1 Å². The number of unbranched alkanes of at least 4 members (excludes halogenated alkanes) is 1. The number of hydrogen-bond donors (Lipinski definition) is 0. The first-order valence-electron chi connectivity index (χ1n) is 8.96. The lowest BCUT2D eigenvalue weighted by molar-refractivity contribution is 0.0937. The van der Waals surface area contributed by atoms with Crippen LogP contribution in [-0.2, 0) is 0 Å². The Morgan fingerprint density at radius 3 is 3.00 bits per heavy atom. The highest BCUT2D eigenvalue weighted by molar-refractivity contribution is 5.47. The van der Waals surface area contributed by atoms with Gasteiger partial charge in [-0.25, -0.2) is 0 Å². The van der Waals surface area contributed by atoms with Crippen molar-refractivity contribution in [2.24, 2.45) is 16.7 Å². The number of likely N-dealkylation sites (tertiary alicyclic amines) is 1. The standard InChI is InChI=1S/C20H29N/c1-4-5-12-21-14-20-15(2)13-16-8-6-7-11-19(20,3)18(21)10-9-17(16)20/h6-8,11,15,18H,4-5,9-10,12-14H2,1-3H3/b8-6-,11-7-. The lowest BCUT2D eigenvalue weighted by atomic mass is 9.52. The fraction of sp³-hybridized carbons (Fsp3) is 0.700. The lowest BCUT2D eigenvalue weighted by Crippen LogP contribution is -2.48. The maximum Gasteiger partial charge on any atom is 0.0196 e. The molecule has 0 aromatic heterocycles. The number of rotatable bonds is 3. The third kappa shape index (κ3) is 1.56. The third-order valence-corrected chi connectivity index (χ3v) is 7.16. The summed E-state index contributed by atoms with van der Waals surface area (Å²) >= 11 is 0. The molecule has 4 unspecified atom stereocenters. The van der Waals surface area contributed by atoms with Gasteiger partial charge in [-0.3, -0.25) is 4.90 Å². The second-order valence-electron chi connectivity index (χ2n) is 7.96. The lowest BCUT2D eigenvalue weighted by Gasteiger charge is -2.50. The van der Waals surface area contributed by atoms with Crippen LogP contribution in [0.25, 0.3) is 0 Å². The van der Waals surface area contributed by atoms with Gasteiger partial charge < -0.3 is 0 Å². The average molecular weight is 283 g/mol. The van der Waals surface area contributed by atoms with Crippen molar-refractivity contribution < 1.29 is 0 Å². The molecule has 4 atom stereocenters. The van der Waals surface area contributed by atoms with Crippen LogP contribution in [0.2, 0.25) is 0 Å². The van der Waals surface area contributed by atoms with Crippen molar-refractivity contribution in [1.29, 1.82) is 0 Å². The summed E-state index contributed by atoms with van der Waals surface area (Å²) in [6.45, 7) is 10.0. The van der Waals surface area contributed by atoms with E-state index >= 15 is 0 Å². The summed E-state index contributed by atoms with van der Waals surface area (Å²) in [5.74, 6) is 0.800. The Morgan fingerprint density at radius 1 is 1.33 bits per heavy atom. The molecule has 0 amide bonds. The number of hydrogen-bond acceptors (Lipinski definition) is 1. The molecule has 114 valence electrons. The van der Waals surface area contributed by atoms with Crippen LogP contribution < -0.4 is 0 Å². The van der Waals surface area contributed by atoms with Crippen LogP contribution in [0.15, 0.2) is 35.5 Å². The van der Waals surface area contributed by atoms with Crippen LogP contribution in [0.3, 0.4) is 0 Å². The zero-order valence-corrected chi connectivity index (χ0v) is 13.9. The molecule has 1 nitrogen and oxygen atoms in total. The van der Waals surface area contributed by atoms with E-state index in [0.29, 0.717) is 10.8 Å². The first-order chi connectivity index (χ1) is 10.1. The van der Waals surface area contributed by atoms with E-state index in [-0.39, 0.29) is 0 Å². The molecular weight excluding hydrogens is 254 g/mol. The Bertz CT molecular complexity index is 540. The summed E-state index contributed by atoms with van der Waals surface area (Å²) in [6, 6.07) is 0.761. The zero-order valence-electron chi connectivity index (χ0n) is 13.9. The van der Waals surface area contributed by atoms with Crippen molar-refractivity contribution in [1.82, 2.24) is 4.90 Å². The molecule has 1 spiro atoms. The van der Waals surface area contributed by atoms with Crippen molar-refractivity contribution in [2.45, 2.75) is 58.9 Å². The third-order valence-electron chi connectivity index (χ3n) is 7.16. The van der Waals surface area contributed by atoms with Gasteiger partial charge in [-0.05, 0) is 43.7 Å². The summed E-state index contributed by atoms with van der Waals surface area (Å²) in [7, 11) is 0. The summed E-state index contributed by atoms with van der Waals surface area (Å²) in [5.41, 5.74) is 4.28. The van der Waals surface area contributed by atoms with Crippen LogP contribution in [0, 0.1) is 16.7 Å². The van der Waals surface area contributed by atoms with E-state index in [4.69, 9.17) is 0 Å². The molecule has 0 radical (unpaired) electrons. The summed E-state index contributed by atoms with van der Waals surface area (Å²) in [6.07, 6.45) is 16.3. The van der Waals surface area contributed by atoms with E-state index in [1.54, 1.807) is 5.57 Å². The summed E-state index contributed by atoms with van der Waals surface area (Å²) < 4.78 is 0. The highest BCUT2D eigenvalue weighted by atomic mass is 15.2. The maximum absolute atomic E-state index is 2.85. The van der Waals surface area contributed by atoms with Crippen molar-refractivity contribution in [3.8, 4) is 0 Å². The molecule has 0 N–H and O–H groups in total. The first kappa shape index (κ1) is 13.8. The van der Waals surface area contributed by atoms with Gasteiger partial charge in [-0.2, -0.15) is 0 Å². The van der Waals surface area contributed by atoms with E-state index in [0.717, 1.165) is 12.0 Å². The molecule has 5 bridgehead atoms. The Balaban J connectivity index is 1.85. The first-order valence-corrected chi connectivity index (χ1v) is 8.96. The molecule has 0 aromatic rings. The summed E-state index contributed by atoms with van der Waals surface area (Å²) in [5, 5.41) is 0. The van der Waals surface area contributed by atoms with Crippen LogP contribution in [0.1, 0.15) is 52.9 Å². The second kappa shape index (κ2) is 4.59. The normalized spacial score (nSPS) is 47.4. The molecule has 3 aliphatic carbocycles. The van der Waals surface area contributed by atoms with E-state index in [1.807, 2.05) is 5.57 Å². The van der Waals surface area contributed by atoms with Gasteiger partial charge in [0.25, 0.3) is 0 Å². The van der Waals surface area contributed by atoms with Gasteiger partial charge in [0.15, 0.2) is 0 Å². The highest BCUT2D eigenvalue weighted by Crippen LogP contribution is 2.69. The molecule has 1 saturated carbocycles. The van der Waals surface area contributed by atoms with Crippen molar-refractivity contribution >= 4 is 0 Å². The minimum atomic E-state index is 0.347. The molecule has 1 heteroatoms. The van der Waals surface area contributed by atoms with Gasteiger partial charge in [0, 0.05) is 23.4 Å². The topological polar surface area (TPSA) is 3.24 Å². The molecule has 4 rings (SSSR count). The highest BCUT2D eigenvalue weighted by Gasteiger charge is 2.66. The largest absolute Gasteiger partial charge is 0.299 e.